The fourth-order valence-electron chi connectivity index (χ4n) is 1.13. The Morgan fingerprint density at radius 1 is 1.24 bits per heavy atom. The maximum Gasteiger partial charge on any atom is 0.433 e. The minimum Gasteiger partial charge on any atom is -0.313 e. The van der Waals surface area contributed by atoms with Gasteiger partial charge >= 0.3 is 6.18 Å². The van der Waals surface area contributed by atoms with Gasteiger partial charge in [-0.15, -0.1) is 0 Å². The number of H-pyrrole nitrogens is 1. The van der Waals surface area contributed by atoms with Crippen molar-refractivity contribution in [1.29, 1.82) is 0 Å². The van der Waals surface area contributed by atoms with Crippen LogP contribution in [0.4, 0.5) is 13.2 Å². The molecule has 2 aromatic heterocycles. The molecule has 2 rings (SSSR count). The van der Waals surface area contributed by atoms with Crippen molar-refractivity contribution < 1.29 is 13.2 Å². The van der Waals surface area contributed by atoms with E-state index in [2.05, 4.69) is 19.9 Å². The Morgan fingerprint density at radius 3 is 2.65 bits per heavy atom. The van der Waals surface area contributed by atoms with Crippen LogP contribution in [0.1, 0.15) is 5.69 Å². The third kappa shape index (κ3) is 2.47. The lowest BCUT2D eigenvalue weighted by atomic mass is 10.3. The minimum absolute atomic E-state index is 0.0140. The smallest absolute Gasteiger partial charge is 0.313 e. The van der Waals surface area contributed by atoms with Crippen LogP contribution < -0.4 is 5.56 Å². The molecule has 0 fully saturated rings. The number of hydrogen-bond donors (Lipinski definition) is 1. The lowest BCUT2D eigenvalue weighted by Gasteiger charge is -2.05. The molecule has 0 saturated carbocycles. The third-order valence-corrected chi connectivity index (χ3v) is 1.85. The standard InChI is InChI=1S/C9H5F3N4O/c10-9(11,12)6-1-2-13-8(16-6)5-3-7(17)15-4-14-5/h1-4H,(H,14,15,17). The molecule has 0 radical (unpaired) electrons. The summed E-state index contributed by atoms with van der Waals surface area (Å²) in [7, 11) is 0. The molecule has 0 aromatic carbocycles. The lowest BCUT2D eigenvalue weighted by molar-refractivity contribution is -0.141. The van der Waals surface area contributed by atoms with E-state index >= 15 is 0 Å². The first-order chi connectivity index (χ1) is 7.97. The summed E-state index contributed by atoms with van der Waals surface area (Å²) in [6.07, 6.45) is -2.52. The van der Waals surface area contributed by atoms with E-state index < -0.39 is 17.4 Å². The van der Waals surface area contributed by atoms with Crippen molar-refractivity contribution in [2.45, 2.75) is 6.18 Å². The van der Waals surface area contributed by atoms with Gasteiger partial charge in [-0.05, 0) is 6.07 Å². The molecule has 0 aliphatic heterocycles. The molecule has 88 valence electrons. The molecule has 8 heteroatoms. The number of halogens is 3. The van der Waals surface area contributed by atoms with Crippen LogP contribution in [0, 0.1) is 0 Å². The highest BCUT2D eigenvalue weighted by Crippen LogP contribution is 2.27. The number of nitrogens with zero attached hydrogens (tertiary/aromatic N) is 3. The van der Waals surface area contributed by atoms with E-state index in [1.807, 2.05) is 0 Å². The summed E-state index contributed by atoms with van der Waals surface area (Å²) in [4.78, 5) is 23.8. The fraction of sp³-hybridized carbons (Fsp3) is 0.111. The second-order valence-electron chi connectivity index (χ2n) is 3.06. The molecule has 0 saturated heterocycles. The van der Waals surface area contributed by atoms with E-state index in [-0.39, 0.29) is 11.5 Å². The van der Waals surface area contributed by atoms with E-state index in [1.165, 1.54) is 0 Å². The summed E-state index contributed by atoms with van der Waals surface area (Å²) in [5.41, 5.74) is -1.58. The first kappa shape index (κ1) is 11.2. The molecule has 2 heterocycles. The molecule has 0 bridgehead atoms. The van der Waals surface area contributed by atoms with Crippen LogP contribution in [0.5, 0.6) is 0 Å². The summed E-state index contributed by atoms with van der Waals surface area (Å²) in [6.45, 7) is 0. The van der Waals surface area contributed by atoms with Crippen LogP contribution in [-0.2, 0) is 6.18 Å². The predicted molar refractivity (Wildman–Crippen MR) is 50.9 cm³/mol. The Labute approximate surface area is 92.4 Å². The number of aromatic nitrogens is 4. The molecule has 0 aliphatic carbocycles. The maximum absolute atomic E-state index is 12.4. The van der Waals surface area contributed by atoms with Crippen LogP contribution in [-0.4, -0.2) is 19.9 Å². The number of rotatable bonds is 1. The van der Waals surface area contributed by atoms with Crippen molar-refractivity contribution in [2.24, 2.45) is 0 Å². The molecule has 0 unspecified atom stereocenters. The molecule has 1 N–H and O–H groups in total. The van der Waals surface area contributed by atoms with Crippen molar-refractivity contribution in [2.75, 3.05) is 0 Å². The Hall–Kier alpha value is -2.25. The van der Waals surface area contributed by atoms with Gasteiger partial charge in [-0.2, -0.15) is 13.2 Å². The Balaban J connectivity index is 2.51. The van der Waals surface area contributed by atoms with Gasteiger partial charge in [0.25, 0.3) is 5.56 Å². The van der Waals surface area contributed by atoms with E-state index in [0.29, 0.717) is 0 Å². The summed E-state index contributed by atoms with van der Waals surface area (Å²) < 4.78 is 37.2. The first-order valence-electron chi connectivity index (χ1n) is 4.42. The van der Waals surface area contributed by atoms with Gasteiger partial charge in [0.1, 0.15) is 11.4 Å². The molecular formula is C9H5F3N4O. The largest absolute Gasteiger partial charge is 0.433 e. The van der Waals surface area contributed by atoms with Gasteiger partial charge in [0.2, 0.25) is 0 Å². The fourth-order valence-corrected chi connectivity index (χ4v) is 1.13. The molecule has 2 aromatic rings. The van der Waals surface area contributed by atoms with Gasteiger partial charge in [-0.25, -0.2) is 15.0 Å². The van der Waals surface area contributed by atoms with E-state index in [4.69, 9.17) is 0 Å². The zero-order chi connectivity index (χ0) is 12.5. The van der Waals surface area contributed by atoms with Gasteiger partial charge in [0, 0.05) is 12.3 Å². The van der Waals surface area contributed by atoms with Crippen LogP contribution in [0.2, 0.25) is 0 Å². The highest BCUT2D eigenvalue weighted by atomic mass is 19.4. The second-order valence-corrected chi connectivity index (χ2v) is 3.06. The molecule has 0 aliphatic rings. The van der Waals surface area contributed by atoms with Crippen LogP contribution in [0.3, 0.4) is 0 Å². The van der Waals surface area contributed by atoms with Gasteiger partial charge in [-0.1, -0.05) is 0 Å². The maximum atomic E-state index is 12.4. The first-order valence-corrected chi connectivity index (χ1v) is 4.42. The molecular weight excluding hydrogens is 237 g/mol. The van der Waals surface area contributed by atoms with Crippen molar-refractivity contribution in [3.8, 4) is 11.5 Å². The molecule has 5 nitrogen and oxygen atoms in total. The Morgan fingerprint density at radius 2 is 2.00 bits per heavy atom. The third-order valence-electron chi connectivity index (χ3n) is 1.85. The highest BCUT2D eigenvalue weighted by molar-refractivity contribution is 5.47. The second kappa shape index (κ2) is 3.96. The van der Waals surface area contributed by atoms with Crippen molar-refractivity contribution >= 4 is 0 Å². The molecule has 17 heavy (non-hydrogen) atoms. The quantitative estimate of drug-likeness (QED) is 0.816. The molecule has 0 amide bonds. The number of nitrogens with one attached hydrogen (secondary N) is 1. The van der Waals surface area contributed by atoms with Crippen LogP contribution in [0.25, 0.3) is 11.5 Å². The van der Waals surface area contributed by atoms with Crippen molar-refractivity contribution in [1.82, 2.24) is 19.9 Å². The summed E-state index contributed by atoms with van der Waals surface area (Å²) >= 11 is 0. The summed E-state index contributed by atoms with van der Waals surface area (Å²) in [5.74, 6) is -0.245. The van der Waals surface area contributed by atoms with E-state index in [1.54, 1.807) is 0 Å². The predicted octanol–water partition coefficient (Wildman–Crippen LogP) is 1.25. The number of alkyl halides is 3. The highest BCUT2D eigenvalue weighted by Gasteiger charge is 2.32. The van der Waals surface area contributed by atoms with Gasteiger partial charge in [-0.3, -0.25) is 4.79 Å². The summed E-state index contributed by atoms with van der Waals surface area (Å²) in [6, 6.07) is 1.77. The van der Waals surface area contributed by atoms with Gasteiger partial charge in [0.05, 0.1) is 6.33 Å². The molecule has 0 atom stereocenters. The van der Waals surface area contributed by atoms with Crippen molar-refractivity contribution in [3.63, 3.8) is 0 Å². The van der Waals surface area contributed by atoms with E-state index in [9.17, 15) is 18.0 Å². The SMILES string of the molecule is O=c1cc(-c2nccc(C(F)(F)F)n2)nc[nH]1. The Kier molecular flexibility index (Phi) is 2.62. The topological polar surface area (TPSA) is 71.5 Å². The monoisotopic (exact) mass is 242 g/mol. The lowest BCUT2D eigenvalue weighted by Crippen LogP contribution is -2.10. The molecule has 0 spiro atoms. The minimum atomic E-state index is -4.56. The zero-order valence-electron chi connectivity index (χ0n) is 8.19. The van der Waals surface area contributed by atoms with Crippen LogP contribution in [0.15, 0.2) is 29.5 Å². The number of hydrogen-bond acceptors (Lipinski definition) is 4. The normalized spacial score (nSPS) is 11.5. The average Bonchev–Trinajstić information content (AvgIpc) is 2.28. The van der Waals surface area contributed by atoms with Crippen LogP contribution >= 0.6 is 0 Å². The Bertz CT molecular complexity index is 593. The van der Waals surface area contributed by atoms with Gasteiger partial charge < -0.3 is 4.98 Å². The van der Waals surface area contributed by atoms with Crippen molar-refractivity contribution in [3.05, 3.63) is 40.7 Å². The average molecular weight is 242 g/mol. The number of aromatic amines is 1. The summed E-state index contributed by atoms with van der Waals surface area (Å²) in [5, 5.41) is 0. The van der Waals surface area contributed by atoms with E-state index in [0.717, 1.165) is 24.7 Å². The zero-order valence-corrected chi connectivity index (χ0v) is 8.19. The van der Waals surface area contributed by atoms with Gasteiger partial charge in [0.15, 0.2) is 5.82 Å².